The van der Waals surface area contributed by atoms with E-state index >= 15 is 0 Å². The minimum Gasteiger partial charge on any atom is -0.385 e. The van der Waals surface area contributed by atoms with Crippen LogP contribution in [0.4, 0.5) is 17.1 Å². The van der Waals surface area contributed by atoms with Gasteiger partial charge in [-0.3, -0.25) is 4.79 Å². The molecule has 4 N–H and O–H groups in total. The van der Waals surface area contributed by atoms with Crippen molar-refractivity contribution < 1.29 is 4.79 Å². The summed E-state index contributed by atoms with van der Waals surface area (Å²) in [5, 5.41) is 6.76. The molecule has 0 radical (unpaired) electrons. The van der Waals surface area contributed by atoms with Gasteiger partial charge in [-0.2, -0.15) is 0 Å². The van der Waals surface area contributed by atoms with E-state index in [0.29, 0.717) is 5.56 Å². The molecule has 2 aromatic rings. The highest BCUT2D eigenvalue weighted by atomic mass is 79.9. The fraction of sp³-hybridized carbons (Fsp3) is 0.188. The van der Waals surface area contributed by atoms with Gasteiger partial charge in [-0.15, -0.1) is 0 Å². The number of hydrogen-bond acceptors (Lipinski definition) is 3. The molecule has 0 unspecified atom stereocenters. The molecule has 1 heterocycles. The molecular weight excluding hydrogens is 330 g/mol. The zero-order chi connectivity index (χ0) is 14.8. The Hall–Kier alpha value is -2.01. The van der Waals surface area contributed by atoms with Gasteiger partial charge in [0.2, 0.25) is 5.91 Å². The van der Waals surface area contributed by atoms with Gasteiger partial charge in [-0.25, -0.2) is 0 Å². The Labute approximate surface area is 131 Å². The van der Waals surface area contributed by atoms with Crippen LogP contribution in [0.2, 0.25) is 0 Å². The predicted octanol–water partition coefficient (Wildman–Crippen LogP) is 3.65. The molecule has 0 aliphatic carbocycles. The Kier molecular flexibility index (Phi) is 3.84. The van der Waals surface area contributed by atoms with E-state index in [1.165, 1.54) is 11.3 Å². The average molecular weight is 346 g/mol. The third-order valence-electron chi connectivity index (χ3n) is 3.58. The van der Waals surface area contributed by atoms with Crippen molar-refractivity contribution in [1.29, 1.82) is 0 Å². The van der Waals surface area contributed by atoms with Gasteiger partial charge in [-0.1, -0.05) is 0 Å². The lowest BCUT2D eigenvalue weighted by molar-refractivity contribution is 0.100. The number of aryl methyl sites for hydroxylation is 1. The largest absolute Gasteiger partial charge is 0.385 e. The van der Waals surface area contributed by atoms with Crippen molar-refractivity contribution in [3.8, 4) is 0 Å². The number of carbonyl (C=O) groups excluding carboxylic acids is 1. The minimum absolute atomic E-state index is 0.429. The van der Waals surface area contributed by atoms with Crippen LogP contribution in [0.3, 0.4) is 0 Å². The number of benzene rings is 2. The highest BCUT2D eigenvalue weighted by Crippen LogP contribution is 2.30. The Balaban J connectivity index is 1.85. The van der Waals surface area contributed by atoms with Crippen molar-refractivity contribution >= 4 is 38.9 Å². The molecule has 0 saturated heterocycles. The maximum atomic E-state index is 11.2. The monoisotopic (exact) mass is 345 g/mol. The van der Waals surface area contributed by atoms with Gasteiger partial charge in [0.05, 0.1) is 5.69 Å². The quantitative estimate of drug-likeness (QED) is 0.795. The zero-order valence-corrected chi connectivity index (χ0v) is 13.0. The molecular formula is C16H16BrN3O. The smallest absolute Gasteiger partial charge is 0.248 e. The molecule has 108 valence electrons. The van der Waals surface area contributed by atoms with Crippen molar-refractivity contribution in [2.45, 2.75) is 12.8 Å². The fourth-order valence-corrected chi connectivity index (χ4v) is 2.96. The number of carbonyl (C=O) groups is 1. The van der Waals surface area contributed by atoms with Crippen LogP contribution < -0.4 is 16.4 Å². The molecule has 5 heteroatoms. The molecule has 0 spiro atoms. The van der Waals surface area contributed by atoms with Gasteiger partial charge in [0.15, 0.2) is 0 Å². The van der Waals surface area contributed by atoms with E-state index in [1.807, 2.05) is 12.1 Å². The first-order valence-corrected chi connectivity index (χ1v) is 7.66. The first kappa shape index (κ1) is 13.9. The van der Waals surface area contributed by atoms with E-state index in [4.69, 9.17) is 5.73 Å². The fourth-order valence-electron chi connectivity index (χ4n) is 2.48. The van der Waals surface area contributed by atoms with Crippen LogP contribution in [0.25, 0.3) is 0 Å². The van der Waals surface area contributed by atoms with E-state index in [-0.39, 0.29) is 0 Å². The molecule has 2 aromatic carbocycles. The number of anilines is 3. The number of hydrogen-bond donors (Lipinski definition) is 3. The minimum atomic E-state index is -0.429. The predicted molar refractivity (Wildman–Crippen MR) is 89.2 cm³/mol. The lowest BCUT2D eigenvalue weighted by Crippen LogP contribution is -2.12. The summed E-state index contributed by atoms with van der Waals surface area (Å²) < 4.78 is 0.814. The maximum Gasteiger partial charge on any atom is 0.248 e. The van der Waals surface area contributed by atoms with Crippen LogP contribution in [0.15, 0.2) is 40.9 Å². The normalized spacial score (nSPS) is 13.2. The van der Waals surface area contributed by atoms with Crippen molar-refractivity contribution in [2.75, 3.05) is 17.2 Å². The molecule has 4 nitrogen and oxygen atoms in total. The summed E-state index contributed by atoms with van der Waals surface area (Å²) in [5.74, 6) is -0.429. The van der Waals surface area contributed by atoms with Gasteiger partial charge in [0, 0.05) is 28.0 Å². The summed E-state index contributed by atoms with van der Waals surface area (Å²) in [6.45, 7) is 1.04. The van der Waals surface area contributed by atoms with Crippen LogP contribution in [-0.2, 0) is 6.42 Å². The summed E-state index contributed by atoms with van der Waals surface area (Å²) in [4.78, 5) is 11.2. The molecule has 0 bridgehead atoms. The maximum absolute atomic E-state index is 11.2. The zero-order valence-electron chi connectivity index (χ0n) is 11.4. The van der Waals surface area contributed by atoms with E-state index in [1.54, 1.807) is 12.1 Å². The highest BCUT2D eigenvalue weighted by molar-refractivity contribution is 9.10. The van der Waals surface area contributed by atoms with Gasteiger partial charge in [0.25, 0.3) is 0 Å². The van der Waals surface area contributed by atoms with E-state index in [9.17, 15) is 4.79 Å². The second-order valence-corrected chi connectivity index (χ2v) is 5.94. The Morgan fingerprint density at radius 2 is 2.10 bits per heavy atom. The lowest BCUT2D eigenvalue weighted by Gasteiger charge is -2.19. The molecule has 0 saturated carbocycles. The molecule has 0 aromatic heterocycles. The Morgan fingerprint density at radius 3 is 2.86 bits per heavy atom. The number of fused-ring (bicyclic) bond motifs is 1. The number of amides is 1. The summed E-state index contributed by atoms with van der Waals surface area (Å²) in [5.41, 5.74) is 10.2. The van der Waals surface area contributed by atoms with Gasteiger partial charge in [0.1, 0.15) is 0 Å². The van der Waals surface area contributed by atoms with Gasteiger partial charge in [-0.05, 0) is 70.7 Å². The summed E-state index contributed by atoms with van der Waals surface area (Å²) in [6, 6.07) is 11.6. The number of nitrogens with one attached hydrogen (secondary N) is 2. The standard InChI is InChI=1S/C16H16BrN3O/c17-13-9-11(16(18)21)3-5-15(13)20-12-4-6-14-10(8-12)2-1-7-19-14/h3-6,8-9,19-20H,1-2,7H2,(H2,18,21). The molecule has 3 rings (SSSR count). The third-order valence-corrected chi connectivity index (χ3v) is 4.23. The van der Waals surface area contributed by atoms with E-state index < -0.39 is 5.91 Å². The summed E-state index contributed by atoms with van der Waals surface area (Å²) in [6.07, 6.45) is 2.26. The molecule has 21 heavy (non-hydrogen) atoms. The molecule has 0 fully saturated rings. The van der Waals surface area contributed by atoms with Crippen molar-refractivity contribution in [3.05, 3.63) is 52.0 Å². The average Bonchev–Trinajstić information content (AvgIpc) is 2.49. The first-order chi connectivity index (χ1) is 10.1. The van der Waals surface area contributed by atoms with Gasteiger partial charge < -0.3 is 16.4 Å². The highest BCUT2D eigenvalue weighted by Gasteiger charge is 2.10. The summed E-state index contributed by atoms with van der Waals surface area (Å²) in [7, 11) is 0. The van der Waals surface area contributed by atoms with Crippen molar-refractivity contribution in [2.24, 2.45) is 5.73 Å². The van der Waals surface area contributed by atoms with E-state index in [0.717, 1.165) is 35.2 Å². The SMILES string of the molecule is NC(=O)c1ccc(Nc2ccc3c(c2)CCCN3)c(Br)c1. The van der Waals surface area contributed by atoms with Crippen molar-refractivity contribution in [1.82, 2.24) is 0 Å². The topological polar surface area (TPSA) is 67.2 Å². The molecule has 1 amide bonds. The second-order valence-electron chi connectivity index (χ2n) is 5.09. The summed E-state index contributed by atoms with van der Waals surface area (Å²) >= 11 is 3.47. The second kappa shape index (κ2) is 5.77. The van der Waals surface area contributed by atoms with Crippen LogP contribution in [0.5, 0.6) is 0 Å². The number of nitrogens with two attached hydrogens (primary N) is 1. The number of halogens is 1. The number of primary amides is 1. The number of rotatable bonds is 3. The van der Waals surface area contributed by atoms with Crippen LogP contribution >= 0.6 is 15.9 Å². The van der Waals surface area contributed by atoms with Crippen molar-refractivity contribution in [3.63, 3.8) is 0 Å². The molecule has 1 aliphatic rings. The Morgan fingerprint density at radius 1 is 1.24 bits per heavy atom. The third kappa shape index (κ3) is 3.03. The van der Waals surface area contributed by atoms with E-state index in [2.05, 4.69) is 38.7 Å². The van der Waals surface area contributed by atoms with Crippen LogP contribution in [0, 0.1) is 0 Å². The lowest BCUT2D eigenvalue weighted by atomic mass is 10.0. The molecule has 0 atom stereocenters. The van der Waals surface area contributed by atoms with Gasteiger partial charge >= 0.3 is 0 Å². The van der Waals surface area contributed by atoms with Crippen LogP contribution in [-0.4, -0.2) is 12.5 Å². The van der Waals surface area contributed by atoms with Crippen LogP contribution in [0.1, 0.15) is 22.3 Å². The first-order valence-electron chi connectivity index (χ1n) is 6.86. The molecule has 1 aliphatic heterocycles. The Bertz CT molecular complexity index is 700.